The molecule has 4 aromatic rings. The van der Waals surface area contributed by atoms with Crippen molar-refractivity contribution in [1.82, 2.24) is 44.5 Å². The predicted octanol–water partition coefficient (Wildman–Crippen LogP) is 5.94. The van der Waals surface area contributed by atoms with Gasteiger partial charge in [0.1, 0.15) is 5.52 Å². The van der Waals surface area contributed by atoms with E-state index in [2.05, 4.69) is 78.0 Å². The zero-order valence-corrected chi connectivity index (χ0v) is 41.4. The molecule has 1 atom stereocenters. The molecule has 17 nitrogen and oxygen atoms in total. The van der Waals surface area contributed by atoms with Crippen molar-refractivity contribution in [3.63, 3.8) is 0 Å². The Labute approximate surface area is 415 Å². The number of imide groups is 1. The highest BCUT2D eigenvalue weighted by molar-refractivity contribution is 6.09. The van der Waals surface area contributed by atoms with E-state index in [-0.39, 0.29) is 53.5 Å². The van der Waals surface area contributed by atoms with Crippen LogP contribution < -0.4 is 20.4 Å². The Kier molecular flexibility index (Phi) is 12.1. The second kappa shape index (κ2) is 18.6. The summed E-state index contributed by atoms with van der Waals surface area (Å²) in [4.78, 5) is 97.3. The second-order valence-corrected chi connectivity index (χ2v) is 22.3. The van der Waals surface area contributed by atoms with Crippen molar-refractivity contribution in [3.8, 4) is 11.3 Å². The lowest BCUT2D eigenvalue weighted by Crippen LogP contribution is -2.58. The smallest absolute Gasteiger partial charge is 0.238 e. The molecule has 71 heavy (non-hydrogen) atoms. The number of likely N-dealkylation sites (tertiary alicyclic amines) is 3. The fourth-order valence-electron chi connectivity index (χ4n) is 13.1. The number of aromatic nitrogens is 5. The normalized spacial score (nSPS) is 25.5. The molecule has 7 fully saturated rings. The molecule has 2 saturated carbocycles. The zero-order valence-electron chi connectivity index (χ0n) is 41.4. The number of carbonyl (C=O) groups is 5. The molecule has 5 saturated heterocycles. The average Bonchev–Trinajstić information content (AvgIpc) is 4.05. The number of pyridine rings is 1. The van der Waals surface area contributed by atoms with Gasteiger partial charge in [-0.25, -0.2) is 19.9 Å². The largest absolute Gasteiger partial charge is 0.366 e. The maximum atomic E-state index is 15.2. The van der Waals surface area contributed by atoms with Gasteiger partial charge in [0, 0.05) is 111 Å². The Morgan fingerprint density at radius 2 is 1.44 bits per heavy atom. The van der Waals surface area contributed by atoms with Crippen LogP contribution >= 0.6 is 0 Å². The van der Waals surface area contributed by atoms with Crippen molar-refractivity contribution in [1.29, 1.82) is 0 Å². The van der Waals surface area contributed by atoms with E-state index < -0.39 is 11.3 Å². The minimum atomic E-state index is -0.677. The van der Waals surface area contributed by atoms with Crippen LogP contribution in [0.15, 0.2) is 43.0 Å². The van der Waals surface area contributed by atoms with Gasteiger partial charge in [-0.2, -0.15) is 0 Å². The fraction of sp³-hybridized carbons (Fsp3) is 0.611. The van der Waals surface area contributed by atoms with Gasteiger partial charge in [0.15, 0.2) is 5.82 Å². The van der Waals surface area contributed by atoms with Gasteiger partial charge in [-0.05, 0) is 128 Å². The number of hydrogen-bond donors (Lipinski definition) is 2. The molecular formula is C54H68N12O5. The lowest BCUT2D eigenvalue weighted by molar-refractivity contribution is -0.144. The zero-order chi connectivity index (χ0) is 48.5. The van der Waals surface area contributed by atoms with Crippen LogP contribution in [0, 0.1) is 11.8 Å². The summed E-state index contributed by atoms with van der Waals surface area (Å²) >= 11 is 0. The van der Waals surface area contributed by atoms with E-state index in [1.54, 1.807) is 12.4 Å². The van der Waals surface area contributed by atoms with Crippen LogP contribution in [0.1, 0.15) is 133 Å². The molecule has 1 spiro atoms. The molecule has 3 aromatic heterocycles. The van der Waals surface area contributed by atoms with Crippen molar-refractivity contribution >= 4 is 58.0 Å². The van der Waals surface area contributed by atoms with E-state index in [0.717, 1.165) is 78.1 Å². The van der Waals surface area contributed by atoms with Gasteiger partial charge in [0.05, 0.1) is 28.9 Å². The Bertz CT molecular complexity index is 2720. The van der Waals surface area contributed by atoms with E-state index in [1.165, 1.54) is 19.3 Å². The molecule has 6 aliphatic heterocycles. The molecule has 12 rings (SSSR count). The number of benzene rings is 1. The second-order valence-electron chi connectivity index (χ2n) is 22.3. The third kappa shape index (κ3) is 8.52. The topological polar surface area (TPSA) is 182 Å². The lowest BCUT2D eigenvalue weighted by atomic mass is 9.73. The van der Waals surface area contributed by atoms with E-state index in [4.69, 9.17) is 9.97 Å². The molecule has 2 N–H and O–H groups in total. The highest BCUT2D eigenvalue weighted by Crippen LogP contribution is 2.52. The predicted molar refractivity (Wildman–Crippen MR) is 269 cm³/mol. The SMILES string of the molecule is CC(C)n1cnc2cc(-c3ccc4c(c3)N([C@H]3C[C@@H](N5CCCCC5)C3)C(=O)C43CCN(C(=O)C4CCN(C(=O)C5CCN(c6ncc(C7CCC(=O)NC7=O)cn6)CC5)CC4)CC3)nc(NC3CC3)c21. The molecule has 8 aliphatic rings. The van der Waals surface area contributed by atoms with Gasteiger partial charge in [-0.1, -0.05) is 18.6 Å². The first-order valence-electron chi connectivity index (χ1n) is 26.9. The fourth-order valence-corrected chi connectivity index (χ4v) is 13.1. The van der Waals surface area contributed by atoms with Gasteiger partial charge >= 0.3 is 0 Å². The van der Waals surface area contributed by atoms with Gasteiger partial charge in [-0.15, -0.1) is 0 Å². The molecule has 2 aliphatic carbocycles. The van der Waals surface area contributed by atoms with Crippen LogP contribution in [0.25, 0.3) is 22.3 Å². The third-order valence-electron chi connectivity index (χ3n) is 17.6. The summed E-state index contributed by atoms with van der Waals surface area (Å²) in [5, 5.41) is 6.10. The van der Waals surface area contributed by atoms with Gasteiger partial charge in [0.2, 0.25) is 35.5 Å². The van der Waals surface area contributed by atoms with Crippen LogP contribution in [0.3, 0.4) is 0 Å². The van der Waals surface area contributed by atoms with Gasteiger partial charge < -0.3 is 34.4 Å². The minimum absolute atomic E-state index is 0.0890. The molecule has 0 radical (unpaired) electrons. The Morgan fingerprint density at radius 3 is 2.10 bits per heavy atom. The molecule has 1 unspecified atom stereocenters. The van der Waals surface area contributed by atoms with Gasteiger partial charge in [-0.3, -0.25) is 29.3 Å². The monoisotopic (exact) mass is 965 g/mol. The molecule has 0 bridgehead atoms. The Hall–Kier alpha value is -5.97. The van der Waals surface area contributed by atoms with Crippen LogP contribution in [0.4, 0.5) is 17.5 Å². The maximum Gasteiger partial charge on any atom is 0.238 e. The molecule has 374 valence electrons. The van der Waals surface area contributed by atoms with Crippen molar-refractivity contribution in [2.24, 2.45) is 11.8 Å². The van der Waals surface area contributed by atoms with Crippen molar-refractivity contribution in [2.45, 2.75) is 146 Å². The molecular weight excluding hydrogens is 897 g/mol. The Morgan fingerprint density at radius 1 is 0.761 bits per heavy atom. The summed E-state index contributed by atoms with van der Waals surface area (Å²) in [6.45, 7) is 10.2. The number of anilines is 3. The summed E-state index contributed by atoms with van der Waals surface area (Å²) < 4.78 is 2.20. The molecule has 1 aromatic carbocycles. The number of fused-ring (bicyclic) bond motifs is 3. The van der Waals surface area contributed by atoms with Crippen LogP contribution in [-0.2, 0) is 29.4 Å². The van der Waals surface area contributed by atoms with Crippen LogP contribution in [0.2, 0.25) is 0 Å². The lowest BCUT2D eigenvalue weighted by Gasteiger charge is -2.48. The van der Waals surface area contributed by atoms with E-state index in [1.807, 2.05) is 16.1 Å². The number of hydrogen-bond acceptors (Lipinski definition) is 12. The highest BCUT2D eigenvalue weighted by atomic mass is 16.2. The minimum Gasteiger partial charge on any atom is -0.366 e. The Balaban J connectivity index is 0.695. The van der Waals surface area contributed by atoms with Crippen molar-refractivity contribution in [2.75, 3.05) is 67.5 Å². The van der Waals surface area contributed by atoms with E-state index >= 15 is 4.79 Å². The first-order valence-corrected chi connectivity index (χ1v) is 26.9. The quantitative estimate of drug-likeness (QED) is 0.179. The molecule has 17 heteroatoms. The molecule has 9 heterocycles. The van der Waals surface area contributed by atoms with Crippen LogP contribution in [-0.4, -0.2) is 139 Å². The highest BCUT2D eigenvalue weighted by Gasteiger charge is 2.56. The first-order chi connectivity index (χ1) is 34.5. The number of piperidine rings is 5. The number of carbonyl (C=O) groups excluding carboxylic acids is 5. The maximum absolute atomic E-state index is 15.2. The van der Waals surface area contributed by atoms with Crippen molar-refractivity contribution in [3.05, 3.63) is 54.1 Å². The first kappa shape index (κ1) is 46.1. The van der Waals surface area contributed by atoms with Gasteiger partial charge in [0.25, 0.3) is 0 Å². The van der Waals surface area contributed by atoms with Crippen LogP contribution in [0.5, 0.6) is 0 Å². The number of rotatable bonds is 10. The number of nitrogens with zero attached hydrogens (tertiary/aromatic N) is 10. The standard InChI is InChI=1S/C54H68N12O5/c1-33(2)65-32-57-44-29-43(59-48(47(44)65)58-38-7-8-38)36-6-10-42-45(26-36)66(40-27-39(28-40)61-18-4-3-5-19-61)52(71)54(42)16-24-63(25-17-54)51(70)34-12-20-62(21-13-34)50(69)35-14-22-64(23-15-35)53-55-30-37(31-56-53)41-9-11-46(67)60-49(41)68/h6,10,26,29-35,38-41H,3-5,7-9,11-25,27-28H2,1-2H3,(H,58,59)(H,60,67,68)/t39-,40+,41?. The number of nitrogens with one attached hydrogen (secondary N) is 2. The average molecular weight is 965 g/mol. The summed E-state index contributed by atoms with van der Waals surface area (Å²) in [5.74, 6) is 0.756. The number of amides is 5. The van der Waals surface area contributed by atoms with Crippen molar-refractivity contribution < 1.29 is 24.0 Å². The number of imidazole rings is 1. The van der Waals surface area contributed by atoms with E-state index in [9.17, 15) is 19.2 Å². The third-order valence-corrected chi connectivity index (χ3v) is 17.6. The summed E-state index contributed by atoms with van der Waals surface area (Å²) in [6.07, 6.45) is 18.0. The van der Waals surface area contributed by atoms with E-state index in [0.29, 0.717) is 114 Å². The molecule has 5 amide bonds. The summed E-state index contributed by atoms with van der Waals surface area (Å²) in [6, 6.07) is 10.0. The summed E-state index contributed by atoms with van der Waals surface area (Å²) in [7, 11) is 0. The summed E-state index contributed by atoms with van der Waals surface area (Å²) in [5.41, 5.74) is 5.91.